The first-order valence-electron chi connectivity index (χ1n) is 7.56. The molecule has 2 N–H and O–H groups in total. The molecule has 0 heterocycles. The monoisotopic (exact) mass is 364 g/mol. The molecule has 5 nitrogen and oxygen atoms in total. The summed E-state index contributed by atoms with van der Waals surface area (Å²) in [6.45, 7) is 0. The van der Waals surface area contributed by atoms with Gasteiger partial charge in [0.15, 0.2) is 0 Å². The molecule has 0 aliphatic heterocycles. The number of carbonyl (C=O) groups excluding carboxylic acids is 1. The fraction of sp³-hybridized carbons (Fsp3) is 0.533. The minimum atomic E-state index is -4.59. The fourth-order valence-corrected chi connectivity index (χ4v) is 3.29. The van der Waals surface area contributed by atoms with Crippen LogP contribution in [0.25, 0.3) is 0 Å². The Morgan fingerprint density at radius 3 is 2.29 bits per heavy atom. The largest absolute Gasteiger partial charge is 0.416 e. The maximum absolute atomic E-state index is 12.9. The number of hydrogen-bond donors (Lipinski definition) is 2. The van der Waals surface area contributed by atoms with Gasteiger partial charge in [-0.05, 0) is 31.0 Å². The molecule has 24 heavy (non-hydrogen) atoms. The molecule has 1 aromatic rings. The molecule has 0 saturated heterocycles. The number of sulfonamides is 1. The number of benzene rings is 1. The van der Waals surface area contributed by atoms with Crippen LogP contribution in [0, 0.1) is 5.92 Å². The van der Waals surface area contributed by atoms with Crippen LogP contribution < -0.4 is 10.0 Å². The summed E-state index contributed by atoms with van der Waals surface area (Å²) < 4.78 is 63.5. The average Bonchev–Trinajstić information content (AvgIpc) is 2.47. The van der Waals surface area contributed by atoms with Crippen molar-refractivity contribution in [2.45, 2.75) is 38.3 Å². The van der Waals surface area contributed by atoms with Crippen molar-refractivity contribution in [1.82, 2.24) is 0 Å². The molecule has 1 aromatic carbocycles. The maximum atomic E-state index is 12.9. The number of rotatable bonds is 4. The molecule has 0 bridgehead atoms. The maximum Gasteiger partial charge on any atom is 0.416 e. The Kier molecular flexibility index (Phi) is 5.42. The van der Waals surface area contributed by atoms with Gasteiger partial charge in [-0.1, -0.05) is 19.3 Å². The number of alkyl halides is 3. The van der Waals surface area contributed by atoms with Crippen LogP contribution in [0.1, 0.15) is 37.7 Å². The third-order valence-corrected chi connectivity index (χ3v) is 4.47. The first kappa shape index (κ1) is 18.6. The molecule has 0 aromatic heterocycles. The summed E-state index contributed by atoms with van der Waals surface area (Å²) in [6.07, 6.45) is 0.489. The van der Waals surface area contributed by atoms with Crippen LogP contribution in [0.4, 0.5) is 24.5 Å². The highest BCUT2D eigenvalue weighted by Crippen LogP contribution is 2.35. The molecule has 1 saturated carbocycles. The number of halogens is 3. The van der Waals surface area contributed by atoms with Gasteiger partial charge in [0.1, 0.15) is 0 Å². The van der Waals surface area contributed by atoms with Crippen LogP contribution in [0.3, 0.4) is 0 Å². The molecule has 1 aliphatic carbocycles. The van der Waals surface area contributed by atoms with E-state index in [0.717, 1.165) is 43.7 Å². The summed E-state index contributed by atoms with van der Waals surface area (Å²) in [7, 11) is -3.69. The predicted molar refractivity (Wildman–Crippen MR) is 85.1 cm³/mol. The van der Waals surface area contributed by atoms with Gasteiger partial charge in [-0.15, -0.1) is 0 Å². The summed E-state index contributed by atoms with van der Waals surface area (Å²) in [5.74, 6) is -0.648. The van der Waals surface area contributed by atoms with Crippen LogP contribution in [-0.2, 0) is 21.0 Å². The van der Waals surface area contributed by atoms with Gasteiger partial charge in [0.25, 0.3) is 0 Å². The second kappa shape index (κ2) is 7.00. The Morgan fingerprint density at radius 2 is 1.75 bits per heavy atom. The van der Waals surface area contributed by atoms with Crippen molar-refractivity contribution in [3.63, 3.8) is 0 Å². The Labute approximate surface area is 138 Å². The van der Waals surface area contributed by atoms with E-state index in [-0.39, 0.29) is 23.2 Å². The molecule has 1 aliphatic rings. The van der Waals surface area contributed by atoms with Gasteiger partial charge in [0.05, 0.1) is 23.2 Å². The van der Waals surface area contributed by atoms with Gasteiger partial charge < -0.3 is 5.32 Å². The van der Waals surface area contributed by atoms with Crippen molar-refractivity contribution in [1.29, 1.82) is 0 Å². The van der Waals surface area contributed by atoms with E-state index in [2.05, 4.69) is 10.0 Å². The summed E-state index contributed by atoms with van der Waals surface area (Å²) in [4.78, 5) is 12.3. The van der Waals surface area contributed by atoms with Gasteiger partial charge in [-0.2, -0.15) is 13.2 Å². The number of nitrogens with one attached hydrogen (secondary N) is 2. The second-order valence-corrected chi connectivity index (χ2v) is 7.70. The van der Waals surface area contributed by atoms with Gasteiger partial charge in [0, 0.05) is 5.92 Å². The van der Waals surface area contributed by atoms with Gasteiger partial charge >= 0.3 is 6.18 Å². The number of amides is 1. The highest BCUT2D eigenvalue weighted by atomic mass is 32.2. The quantitative estimate of drug-likeness (QED) is 0.857. The molecule has 2 rings (SSSR count). The lowest BCUT2D eigenvalue weighted by molar-refractivity contribution is -0.137. The van der Waals surface area contributed by atoms with Crippen molar-refractivity contribution in [3.8, 4) is 0 Å². The zero-order valence-corrected chi connectivity index (χ0v) is 13.9. The number of hydrogen-bond acceptors (Lipinski definition) is 3. The number of carbonyl (C=O) groups is 1. The van der Waals surface area contributed by atoms with E-state index in [1.807, 2.05) is 0 Å². The molecular formula is C15H19F3N2O3S. The smallest absolute Gasteiger partial charge is 0.324 e. The summed E-state index contributed by atoms with van der Waals surface area (Å²) in [5, 5.41) is 2.45. The fourth-order valence-electron chi connectivity index (χ4n) is 2.71. The highest BCUT2D eigenvalue weighted by Gasteiger charge is 2.32. The van der Waals surface area contributed by atoms with Crippen LogP contribution in [0.5, 0.6) is 0 Å². The van der Waals surface area contributed by atoms with E-state index in [9.17, 15) is 26.4 Å². The first-order chi connectivity index (χ1) is 11.1. The molecule has 1 amide bonds. The molecule has 1 fully saturated rings. The molecular weight excluding hydrogens is 345 g/mol. The van der Waals surface area contributed by atoms with Crippen molar-refractivity contribution in [2.24, 2.45) is 5.92 Å². The van der Waals surface area contributed by atoms with Crippen molar-refractivity contribution >= 4 is 27.3 Å². The average molecular weight is 364 g/mol. The molecule has 0 spiro atoms. The highest BCUT2D eigenvalue weighted by molar-refractivity contribution is 7.92. The van der Waals surface area contributed by atoms with Crippen LogP contribution >= 0.6 is 0 Å². The van der Waals surface area contributed by atoms with Crippen LogP contribution in [0.15, 0.2) is 18.2 Å². The van der Waals surface area contributed by atoms with Crippen molar-refractivity contribution in [3.05, 3.63) is 23.8 Å². The summed E-state index contributed by atoms with van der Waals surface area (Å²) >= 11 is 0. The minimum Gasteiger partial charge on any atom is -0.324 e. The normalized spacial score (nSPS) is 16.7. The second-order valence-electron chi connectivity index (χ2n) is 5.96. The molecule has 134 valence electrons. The lowest BCUT2D eigenvalue weighted by Crippen LogP contribution is -2.25. The SMILES string of the molecule is CS(=O)(=O)Nc1ccc(C(F)(F)F)cc1NC(=O)C1CCCCC1. The predicted octanol–water partition coefficient (Wildman–Crippen LogP) is 3.60. The Bertz CT molecular complexity index is 711. The van der Waals surface area contributed by atoms with E-state index < -0.39 is 21.8 Å². The molecule has 0 unspecified atom stereocenters. The third-order valence-electron chi connectivity index (χ3n) is 3.88. The zero-order chi connectivity index (χ0) is 18.0. The van der Waals surface area contributed by atoms with Crippen LogP contribution in [-0.4, -0.2) is 20.6 Å². The van der Waals surface area contributed by atoms with Crippen molar-refractivity contribution < 1.29 is 26.4 Å². The Balaban J connectivity index is 2.30. The van der Waals surface area contributed by atoms with Crippen LogP contribution in [0.2, 0.25) is 0 Å². The summed E-state index contributed by atoms with van der Waals surface area (Å²) in [5.41, 5.74) is -1.24. The molecule has 0 atom stereocenters. The standard InChI is InChI=1S/C15H19F3N2O3S/c1-24(22,23)20-12-8-7-11(15(16,17)18)9-13(12)19-14(21)10-5-3-2-4-6-10/h7-10,20H,2-6H2,1H3,(H,19,21). The molecule has 9 heteroatoms. The zero-order valence-electron chi connectivity index (χ0n) is 13.1. The van der Waals surface area contributed by atoms with Gasteiger partial charge in [-0.25, -0.2) is 8.42 Å². The van der Waals surface area contributed by atoms with Crippen molar-refractivity contribution in [2.75, 3.05) is 16.3 Å². The minimum absolute atomic E-state index is 0.0883. The lowest BCUT2D eigenvalue weighted by Gasteiger charge is -2.22. The van der Waals surface area contributed by atoms with Gasteiger partial charge in [0.2, 0.25) is 15.9 Å². The molecule has 0 radical (unpaired) electrons. The van der Waals surface area contributed by atoms with E-state index in [0.29, 0.717) is 12.8 Å². The lowest BCUT2D eigenvalue weighted by atomic mass is 9.88. The Hall–Kier alpha value is -1.77. The topological polar surface area (TPSA) is 75.3 Å². The number of anilines is 2. The van der Waals surface area contributed by atoms with E-state index in [1.54, 1.807) is 0 Å². The third kappa shape index (κ3) is 5.12. The van der Waals surface area contributed by atoms with E-state index in [4.69, 9.17) is 0 Å². The first-order valence-corrected chi connectivity index (χ1v) is 9.45. The Morgan fingerprint density at radius 1 is 1.12 bits per heavy atom. The van der Waals surface area contributed by atoms with E-state index >= 15 is 0 Å². The summed E-state index contributed by atoms with van der Waals surface area (Å²) in [6, 6.07) is 2.51. The van der Waals surface area contributed by atoms with E-state index in [1.165, 1.54) is 0 Å². The van der Waals surface area contributed by atoms with Gasteiger partial charge in [-0.3, -0.25) is 9.52 Å².